The number of fused-ring (bicyclic) bond motifs is 1. The summed E-state index contributed by atoms with van der Waals surface area (Å²) < 4.78 is 0. The lowest BCUT2D eigenvalue weighted by molar-refractivity contribution is 1.29. The summed E-state index contributed by atoms with van der Waals surface area (Å²) in [6.07, 6.45) is 3.36. The molecule has 1 aromatic carbocycles. The van der Waals surface area contributed by atoms with Crippen molar-refractivity contribution in [1.82, 2.24) is 9.97 Å². The molecule has 0 N–H and O–H groups in total. The second kappa shape index (κ2) is 2.06. The van der Waals surface area contributed by atoms with Crippen molar-refractivity contribution in [3.63, 3.8) is 0 Å². The third-order valence-electron chi connectivity index (χ3n) is 1.31. The Balaban J connectivity index is 2.89. The monoisotopic (exact) mass is 129 g/mol. The summed E-state index contributed by atoms with van der Waals surface area (Å²) in [4.78, 5) is 8.19. The second-order valence-corrected chi connectivity index (χ2v) is 1.97. The van der Waals surface area contributed by atoms with Gasteiger partial charge < -0.3 is 0 Å². The Labute approximate surface area is 58.6 Å². The molecule has 0 unspecified atom stereocenters. The largest absolute Gasteiger partial charge is 0.253 e. The maximum atomic E-state index is 4.10. The molecule has 2 nitrogen and oxygen atoms in total. The zero-order chi connectivity index (χ0) is 6.81. The molecule has 0 amide bonds. The van der Waals surface area contributed by atoms with E-state index in [0.29, 0.717) is 0 Å². The number of hydrogen-bond donors (Lipinski definition) is 0. The Hall–Kier alpha value is -1.44. The molecule has 0 saturated carbocycles. The molecule has 0 aliphatic heterocycles. The predicted molar refractivity (Wildman–Crippen MR) is 38.4 cm³/mol. The maximum absolute atomic E-state index is 4.10. The summed E-state index contributed by atoms with van der Waals surface area (Å²) in [7, 11) is 0. The fraction of sp³-hybridized carbons (Fsp3) is 0. The SMILES string of the molecule is [c]1ccc2nccnc2c1. The molecule has 0 bridgehead atoms. The van der Waals surface area contributed by atoms with Gasteiger partial charge in [0.25, 0.3) is 0 Å². The van der Waals surface area contributed by atoms with Gasteiger partial charge in [0.2, 0.25) is 0 Å². The first-order valence-electron chi connectivity index (χ1n) is 3.03. The molecule has 1 heterocycles. The van der Waals surface area contributed by atoms with Crippen molar-refractivity contribution in [3.8, 4) is 0 Å². The molecular formula is C8H5N2. The van der Waals surface area contributed by atoms with E-state index in [1.165, 1.54) is 0 Å². The summed E-state index contributed by atoms with van der Waals surface area (Å²) in [5.74, 6) is 0. The Morgan fingerprint density at radius 1 is 1.10 bits per heavy atom. The first kappa shape index (κ1) is 5.35. The van der Waals surface area contributed by atoms with Gasteiger partial charge in [-0.1, -0.05) is 6.07 Å². The number of benzene rings is 1. The highest BCUT2D eigenvalue weighted by Gasteiger charge is 1.88. The lowest BCUT2D eigenvalue weighted by atomic mass is 10.3. The van der Waals surface area contributed by atoms with Crippen LogP contribution in [0.1, 0.15) is 0 Å². The van der Waals surface area contributed by atoms with Gasteiger partial charge >= 0.3 is 0 Å². The summed E-state index contributed by atoms with van der Waals surface area (Å²) in [6.45, 7) is 0. The van der Waals surface area contributed by atoms with Gasteiger partial charge in [-0.15, -0.1) is 0 Å². The molecular weight excluding hydrogens is 124 g/mol. The van der Waals surface area contributed by atoms with E-state index in [9.17, 15) is 0 Å². The maximum Gasteiger partial charge on any atom is 0.0892 e. The van der Waals surface area contributed by atoms with Crippen LogP contribution in [0.3, 0.4) is 0 Å². The van der Waals surface area contributed by atoms with Crippen LogP contribution < -0.4 is 0 Å². The van der Waals surface area contributed by atoms with Crippen LogP contribution in [0.25, 0.3) is 11.0 Å². The average Bonchev–Trinajstić information content (AvgIpc) is 2.05. The lowest BCUT2D eigenvalue weighted by Crippen LogP contribution is -1.79. The molecule has 0 saturated heterocycles. The number of hydrogen-bond acceptors (Lipinski definition) is 2. The van der Waals surface area contributed by atoms with Gasteiger partial charge in [-0.3, -0.25) is 9.97 Å². The number of aromatic nitrogens is 2. The molecule has 0 atom stereocenters. The summed E-state index contributed by atoms with van der Waals surface area (Å²) in [5, 5.41) is 0. The van der Waals surface area contributed by atoms with Crippen molar-refractivity contribution >= 4 is 11.0 Å². The molecule has 0 aliphatic carbocycles. The molecule has 0 spiro atoms. The molecule has 0 aliphatic rings. The minimum atomic E-state index is 0.894. The van der Waals surface area contributed by atoms with Gasteiger partial charge in [-0.25, -0.2) is 0 Å². The average molecular weight is 129 g/mol. The number of nitrogens with zero attached hydrogens (tertiary/aromatic N) is 2. The van der Waals surface area contributed by atoms with Gasteiger partial charge in [0.05, 0.1) is 11.0 Å². The van der Waals surface area contributed by atoms with Crippen LogP contribution >= 0.6 is 0 Å². The predicted octanol–water partition coefficient (Wildman–Crippen LogP) is 1.43. The van der Waals surface area contributed by atoms with Gasteiger partial charge in [-0.2, -0.15) is 0 Å². The van der Waals surface area contributed by atoms with Crippen molar-refractivity contribution in [2.45, 2.75) is 0 Å². The Kier molecular flexibility index (Phi) is 1.10. The Morgan fingerprint density at radius 2 is 1.90 bits per heavy atom. The van der Waals surface area contributed by atoms with Crippen LogP contribution in [0, 0.1) is 6.07 Å². The molecule has 47 valence electrons. The van der Waals surface area contributed by atoms with Crippen LogP contribution in [0.5, 0.6) is 0 Å². The van der Waals surface area contributed by atoms with E-state index < -0.39 is 0 Å². The molecule has 1 radical (unpaired) electrons. The van der Waals surface area contributed by atoms with Gasteiger partial charge in [0, 0.05) is 12.4 Å². The van der Waals surface area contributed by atoms with Crippen molar-refractivity contribution in [2.75, 3.05) is 0 Å². The highest BCUT2D eigenvalue weighted by atomic mass is 14.8. The molecule has 0 fully saturated rings. The summed E-state index contributed by atoms with van der Waals surface area (Å²) >= 11 is 0. The quantitative estimate of drug-likeness (QED) is 0.537. The second-order valence-electron chi connectivity index (χ2n) is 1.97. The van der Waals surface area contributed by atoms with Crippen LogP contribution in [0.4, 0.5) is 0 Å². The van der Waals surface area contributed by atoms with E-state index in [2.05, 4.69) is 16.0 Å². The van der Waals surface area contributed by atoms with Gasteiger partial charge in [0.1, 0.15) is 0 Å². The third kappa shape index (κ3) is 0.739. The highest BCUT2D eigenvalue weighted by Crippen LogP contribution is 2.03. The zero-order valence-electron chi connectivity index (χ0n) is 5.28. The first-order chi connectivity index (χ1) is 4.97. The minimum absolute atomic E-state index is 0.894. The molecule has 10 heavy (non-hydrogen) atoms. The van der Waals surface area contributed by atoms with Crippen LogP contribution in [0.2, 0.25) is 0 Å². The highest BCUT2D eigenvalue weighted by molar-refractivity contribution is 5.72. The topological polar surface area (TPSA) is 25.8 Å². The fourth-order valence-electron chi connectivity index (χ4n) is 0.853. The molecule has 2 heteroatoms. The van der Waals surface area contributed by atoms with E-state index in [0.717, 1.165) is 11.0 Å². The fourth-order valence-corrected chi connectivity index (χ4v) is 0.853. The smallest absolute Gasteiger partial charge is 0.0892 e. The Bertz CT molecular complexity index is 278. The van der Waals surface area contributed by atoms with Crippen molar-refractivity contribution in [3.05, 3.63) is 36.7 Å². The lowest BCUT2D eigenvalue weighted by Gasteiger charge is -1.90. The van der Waals surface area contributed by atoms with Crippen molar-refractivity contribution in [1.29, 1.82) is 0 Å². The Morgan fingerprint density at radius 3 is 2.70 bits per heavy atom. The normalized spacial score (nSPS) is 10.0. The van der Waals surface area contributed by atoms with Crippen molar-refractivity contribution < 1.29 is 0 Å². The standard InChI is InChI=1S/C8H5N2/c1-2-4-8-7(3-1)9-5-6-10-8/h1,3-6H. The van der Waals surface area contributed by atoms with Crippen LogP contribution in [0.15, 0.2) is 30.6 Å². The molecule has 2 rings (SSSR count). The van der Waals surface area contributed by atoms with E-state index >= 15 is 0 Å². The van der Waals surface area contributed by atoms with E-state index in [-0.39, 0.29) is 0 Å². The first-order valence-corrected chi connectivity index (χ1v) is 3.03. The van der Waals surface area contributed by atoms with Gasteiger partial charge in [-0.05, 0) is 18.2 Å². The third-order valence-corrected chi connectivity index (χ3v) is 1.31. The zero-order valence-corrected chi connectivity index (χ0v) is 5.28. The van der Waals surface area contributed by atoms with E-state index in [1.807, 2.05) is 18.2 Å². The van der Waals surface area contributed by atoms with Crippen molar-refractivity contribution in [2.24, 2.45) is 0 Å². The van der Waals surface area contributed by atoms with Crippen LogP contribution in [-0.2, 0) is 0 Å². The number of rotatable bonds is 0. The minimum Gasteiger partial charge on any atom is -0.253 e. The van der Waals surface area contributed by atoms with E-state index in [1.54, 1.807) is 12.4 Å². The molecule has 1 aromatic heterocycles. The summed E-state index contributed by atoms with van der Waals surface area (Å²) in [6, 6.07) is 8.48. The van der Waals surface area contributed by atoms with Gasteiger partial charge in [0.15, 0.2) is 0 Å². The molecule has 2 aromatic rings. The van der Waals surface area contributed by atoms with E-state index in [4.69, 9.17) is 0 Å². The summed E-state index contributed by atoms with van der Waals surface area (Å²) in [5.41, 5.74) is 1.81. The van der Waals surface area contributed by atoms with Crippen LogP contribution in [-0.4, -0.2) is 9.97 Å².